The molecule has 0 amide bonds. The topological polar surface area (TPSA) is 29.5 Å². The van der Waals surface area contributed by atoms with Gasteiger partial charge in [0, 0.05) is 5.56 Å². The molecule has 0 aliphatic carbocycles. The fraction of sp³-hybridized carbons (Fsp3) is 0.250. The first kappa shape index (κ1) is 11.3. The highest BCUT2D eigenvalue weighted by Crippen LogP contribution is 2.32. The molecule has 1 unspecified atom stereocenters. The smallest absolute Gasteiger partial charge is 0.405 e. The summed E-state index contributed by atoms with van der Waals surface area (Å²) in [5, 5.41) is 7.89. The zero-order chi connectivity index (χ0) is 10.8. The second-order valence-electron chi connectivity index (χ2n) is 2.42. The summed E-state index contributed by atoms with van der Waals surface area (Å²) in [6.07, 6.45) is -4.75. The Labute approximate surface area is 86.4 Å². The van der Waals surface area contributed by atoms with Gasteiger partial charge in [-0.2, -0.15) is 0 Å². The van der Waals surface area contributed by atoms with Crippen LogP contribution in [0.3, 0.4) is 0 Å². The van der Waals surface area contributed by atoms with Crippen molar-refractivity contribution in [1.82, 2.24) is 0 Å². The molecular weight excluding hydrogens is 265 g/mol. The second-order valence-corrected chi connectivity index (χ2v) is 3.29. The van der Waals surface area contributed by atoms with Gasteiger partial charge in [0.1, 0.15) is 10.8 Å². The summed E-state index contributed by atoms with van der Waals surface area (Å²) in [6, 6.07) is 5.36. The average Bonchev–Trinajstić information content (AvgIpc) is 2.01. The van der Waals surface area contributed by atoms with Crippen molar-refractivity contribution in [3.8, 4) is 5.75 Å². The van der Waals surface area contributed by atoms with E-state index in [1.165, 1.54) is 18.2 Å². The first-order valence-electron chi connectivity index (χ1n) is 3.57. The van der Waals surface area contributed by atoms with Crippen molar-refractivity contribution in [2.75, 3.05) is 0 Å². The van der Waals surface area contributed by atoms with Crippen LogP contribution in [0.4, 0.5) is 13.2 Å². The Hall–Kier alpha value is -0.750. The fourth-order valence-corrected chi connectivity index (χ4v) is 1.27. The Morgan fingerprint density at radius 1 is 1.29 bits per heavy atom. The Kier molecular flexibility index (Phi) is 3.38. The van der Waals surface area contributed by atoms with Crippen molar-refractivity contribution in [1.29, 1.82) is 0 Å². The molecule has 1 atom stereocenters. The number of alkyl halides is 4. The van der Waals surface area contributed by atoms with Crippen LogP contribution in [0.2, 0.25) is 0 Å². The van der Waals surface area contributed by atoms with Crippen LogP contribution in [-0.2, 0) is 0 Å². The maximum Gasteiger partial charge on any atom is 0.573 e. The van der Waals surface area contributed by atoms with Crippen LogP contribution in [0, 0.1) is 0 Å². The standard InChI is InChI=1S/C8H6BrF3O2/c9-7(13)5-3-1-2-4-6(5)14-8(10,11)12/h1-4,7,13H. The Bertz CT molecular complexity index is 312. The maximum absolute atomic E-state index is 11.9. The number of halogens is 4. The van der Waals surface area contributed by atoms with E-state index < -0.39 is 17.1 Å². The van der Waals surface area contributed by atoms with Crippen molar-refractivity contribution >= 4 is 15.9 Å². The number of rotatable bonds is 2. The summed E-state index contributed by atoms with van der Waals surface area (Å²) < 4.78 is 39.3. The molecule has 6 heteroatoms. The summed E-state index contributed by atoms with van der Waals surface area (Å²) in [4.78, 5) is 0. The molecule has 2 nitrogen and oxygen atoms in total. The molecule has 1 N–H and O–H groups in total. The van der Waals surface area contributed by atoms with Gasteiger partial charge in [0.15, 0.2) is 0 Å². The predicted molar refractivity (Wildman–Crippen MR) is 47.0 cm³/mol. The van der Waals surface area contributed by atoms with Gasteiger partial charge in [0.2, 0.25) is 0 Å². The van der Waals surface area contributed by atoms with E-state index in [1.54, 1.807) is 0 Å². The van der Waals surface area contributed by atoms with E-state index in [0.29, 0.717) is 0 Å². The highest BCUT2D eigenvalue weighted by molar-refractivity contribution is 9.09. The molecule has 0 aliphatic rings. The van der Waals surface area contributed by atoms with Gasteiger partial charge in [0.05, 0.1) is 0 Å². The van der Waals surface area contributed by atoms with Crippen LogP contribution in [0.1, 0.15) is 10.6 Å². The first-order chi connectivity index (χ1) is 6.40. The lowest BCUT2D eigenvalue weighted by molar-refractivity contribution is -0.275. The highest BCUT2D eigenvalue weighted by atomic mass is 79.9. The molecule has 1 rings (SSSR count). The quantitative estimate of drug-likeness (QED) is 0.838. The van der Waals surface area contributed by atoms with Crippen LogP contribution >= 0.6 is 15.9 Å². The average molecular weight is 271 g/mol. The summed E-state index contributed by atoms with van der Waals surface area (Å²) in [7, 11) is 0. The zero-order valence-corrected chi connectivity index (χ0v) is 8.34. The number of ether oxygens (including phenoxy) is 1. The lowest BCUT2D eigenvalue weighted by Gasteiger charge is -2.13. The zero-order valence-electron chi connectivity index (χ0n) is 6.75. The molecule has 1 aromatic carbocycles. The summed E-state index contributed by atoms with van der Waals surface area (Å²) >= 11 is 2.75. The number of benzene rings is 1. The largest absolute Gasteiger partial charge is 0.573 e. The normalized spacial score (nSPS) is 13.8. The van der Waals surface area contributed by atoms with Crippen molar-refractivity contribution in [2.45, 2.75) is 11.4 Å². The van der Waals surface area contributed by atoms with Crippen LogP contribution in [-0.4, -0.2) is 11.5 Å². The molecule has 0 saturated carbocycles. The molecule has 0 radical (unpaired) electrons. The van der Waals surface area contributed by atoms with Crippen LogP contribution < -0.4 is 4.74 Å². The lowest BCUT2D eigenvalue weighted by Crippen LogP contribution is -2.18. The van der Waals surface area contributed by atoms with E-state index in [2.05, 4.69) is 20.7 Å². The second kappa shape index (κ2) is 4.18. The summed E-state index contributed by atoms with van der Waals surface area (Å²) in [6.45, 7) is 0. The molecule has 0 spiro atoms. The van der Waals surface area contributed by atoms with Crippen LogP contribution in [0.25, 0.3) is 0 Å². The summed E-state index contributed by atoms with van der Waals surface area (Å²) in [5.74, 6) is -0.413. The van der Waals surface area contributed by atoms with Gasteiger partial charge in [-0.1, -0.05) is 34.1 Å². The highest BCUT2D eigenvalue weighted by Gasteiger charge is 2.32. The molecule has 0 bridgehead atoms. The molecule has 0 aliphatic heterocycles. The molecule has 0 heterocycles. The number of aliphatic hydroxyl groups is 1. The minimum absolute atomic E-state index is 0.0322. The van der Waals surface area contributed by atoms with Crippen LogP contribution in [0.5, 0.6) is 5.75 Å². The Balaban J connectivity index is 2.96. The molecule has 0 aromatic heterocycles. The number of hydrogen-bond acceptors (Lipinski definition) is 2. The molecule has 14 heavy (non-hydrogen) atoms. The third-order valence-corrected chi connectivity index (χ3v) is 1.89. The van der Waals surface area contributed by atoms with E-state index in [9.17, 15) is 13.2 Å². The molecular formula is C8H6BrF3O2. The van der Waals surface area contributed by atoms with E-state index in [0.717, 1.165) is 6.07 Å². The monoisotopic (exact) mass is 270 g/mol. The van der Waals surface area contributed by atoms with Gasteiger partial charge in [-0.3, -0.25) is 0 Å². The minimum atomic E-state index is -4.75. The predicted octanol–water partition coefficient (Wildman–Crippen LogP) is 2.97. The Morgan fingerprint density at radius 3 is 2.36 bits per heavy atom. The van der Waals surface area contributed by atoms with Crippen molar-refractivity contribution in [3.63, 3.8) is 0 Å². The number of hydrogen-bond donors (Lipinski definition) is 1. The third kappa shape index (κ3) is 3.19. The van der Waals surface area contributed by atoms with Crippen LogP contribution in [0.15, 0.2) is 24.3 Å². The SMILES string of the molecule is OC(Br)c1ccccc1OC(F)(F)F. The maximum atomic E-state index is 11.9. The molecule has 0 saturated heterocycles. The lowest BCUT2D eigenvalue weighted by atomic mass is 10.2. The molecule has 0 fully saturated rings. The van der Waals surface area contributed by atoms with E-state index >= 15 is 0 Å². The molecule has 78 valence electrons. The van der Waals surface area contributed by atoms with Crippen molar-refractivity contribution < 1.29 is 23.0 Å². The molecule has 1 aromatic rings. The van der Waals surface area contributed by atoms with Gasteiger partial charge < -0.3 is 9.84 Å². The van der Waals surface area contributed by atoms with Gasteiger partial charge >= 0.3 is 6.36 Å². The first-order valence-corrected chi connectivity index (χ1v) is 4.48. The van der Waals surface area contributed by atoms with Gasteiger partial charge in [-0.15, -0.1) is 13.2 Å². The van der Waals surface area contributed by atoms with E-state index in [-0.39, 0.29) is 5.56 Å². The van der Waals surface area contributed by atoms with E-state index in [1.807, 2.05) is 0 Å². The number of aliphatic hydroxyl groups excluding tert-OH is 1. The van der Waals surface area contributed by atoms with E-state index in [4.69, 9.17) is 5.11 Å². The van der Waals surface area contributed by atoms with Gasteiger partial charge in [0.25, 0.3) is 0 Å². The Morgan fingerprint density at radius 2 is 1.86 bits per heavy atom. The van der Waals surface area contributed by atoms with Crippen molar-refractivity contribution in [2.24, 2.45) is 0 Å². The van der Waals surface area contributed by atoms with Gasteiger partial charge in [-0.25, -0.2) is 0 Å². The number of para-hydroxylation sites is 1. The fourth-order valence-electron chi connectivity index (χ4n) is 0.895. The minimum Gasteiger partial charge on any atom is -0.405 e. The third-order valence-electron chi connectivity index (χ3n) is 1.40. The van der Waals surface area contributed by atoms with Crippen molar-refractivity contribution in [3.05, 3.63) is 29.8 Å². The van der Waals surface area contributed by atoms with Gasteiger partial charge in [-0.05, 0) is 6.07 Å². The summed E-state index contributed by atoms with van der Waals surface area (Å²) in [5.41, 5.74) is 0.0322.